The molecule has 114 valence electrons. The molecule has 2 saturated heterocycles. The number of halogens is 1. The molecule has 1 aromatic rings. The molecule has 0 aliphatic carbocycles. The number of amides is 1. The van der Waals surface area contributed by atoms with E-state index in [0.29, 0.717) is 12.0 Å². The molecule has 2 heterocycles. The average molecular weight is 352 g/mol. The first-order valence-electron chi connectivity index (χ1n) is 7.55. The molecule has 2 aliphatic heterocycles. The second-order valence-electron chi connectivity index (χ2n) is 6.42. The first-order valence-corrected chi connectivity index (χ1v) is 8.35. The van der Waals surface area contributed by atoms with Crippen LogP contribution in [0.15, 0.2) is 22.7 Å². The number of anilines is 1. The van der Waals surface area contributed by atoms with Gasteiger partial charge in [-0.05, 0) is 71.9 Å². The predicted molar refractivity (Wildman–Crippen MR) is 88.5 cm³/mol. The highest BCUT2D eigenvalue weighted by molar-refractivity contribution is 9.10. The van der Waals surface area contributed by atoms with Gasteiger partial charge in [0.05, 0.1) is 12.2 Å². The van der Waals surface area contributed by atoms with Gasteiger partial charge in [-0.3, -0.25) is 9.69 Å². The topological polar surface area (TPSA) is 44.4 Å². The number of rotatable bonds is 3. The Kier molecular flexibility index (Phi) is 4.33. The second kappa shape index (κ2) is 6.07. The van der Waals surface area contributed by atoms with Gasteiger partial charge in [-0.25, -0.2) is 0 Å². The van der Waals surface area contributed by atoms with Crippen molar-refractivity contribution in [2.24, 2.45) is 5.41 Å². The Labute approximate surface area is 134 Å². The summed E-state index contributed by atoms with van der Waals surface area (Å²) in [6, 6.07) is 5.98. The van der Waals surface area contributed by atoms with E-state index in [1.807, 2.05) is 25.1 Å². The van der Waals surface area contributed by atoms with E-state index in [4.69, 9.17) is 0 Å². The monoisotopic (exact) mass is 351 g/mol. The SMILES string of the molecule is Cc1ccc(NC(=O)CN2CCC3(CCNC3)C2)c(Br)c1. The van der Waals surface area contributed by atoms with Gasteiger partial charge in [0.2, 0.25) is 5.91 Å². The van der Waals surface area contributed by atoms with Gasteiger partial charge in [0.1, 0.15) is 0 Å². The number of likely N-dealkylation sites (tertiary alicyclic amines) is 1. The molecule has 1 unspecified atom stereocenters. The molecular formula is C16H22BrN3O. The molecular weight excluding hydrogens is 330 g/mol. The van der Waals surface area contributed by atoms with Crippen LogP contribution in [0.5, 0.6) is 0 Å². The first kappa shape index (κ1) is 15.0. The van der Waals surface area contributed by atoms with Crippen LogP contribution >= 0.6 is 15.9 Å². The van der Waals surface area contributed by atoms with Crippen molar-refractivity contribution in [2.45, 2.75) is 19.8 Å². The van der Waals surface area contributed by atoms with Gasteiger partial charge in [-0.15, -0.1) is 0 Å². The Hall–Kier alpha value is -0.910. The van der Waals surface area contributed by atoms with Gasteiger partial charge in [-0.1, -0.05) is 6.07 Å². The predicted octanol–water partition coefficient (Wildman–Crippen LogP) is 2.38. The highest BCUT2D eigenvalue weighted by Crippen LogP contribution is 2.35. The second-order valence-corrected chi connectivity index (χ2v) is 7.27. The fraction of sp³-hybridized carbons (Fsp3) is 0.562. The molecule has 0 radical (unpaired) electrons. The Morgan fingerprint density at radius 1 is 1.48 bits per heavy atom. The lowest BCUT2D eigenvalue weighted by atomic mass is 9.87. The number of hydrogen-bond donors (Lipinski definition) is 2. The van der Waals surface area contributed by atoms with Crippen LogP contribution < -0.4 is 10.6 Å². The van der Waals surface area contributed by atoms with Crippen molar-refractivity contribution < 1.29 is 4.79 Å². The van der Waals surface area contributed by atoms with Crippen LogP contribution in [0.25, 0.3) is 0 Å². The number of benzene rings is 1. The van der Waals surface area contributed by atoms with Crippen LogP contribution in [0.2, 0.25) is 0 Å². The van der Waals surface area contributed by atoms with Crippen LogP contribution in [0.3, 0.4) is 0 Å². The molecule has 0 bridgehead atoms. The summed E-state index contributed by atoms with van der Waals surface area (Å²) in [4.78, 5) is 14.5. The highest BCUT2D eigenvalue weighted by Gasteiger charge is 2.40. The van der Waals surface area contributed by atoms with Crippen LogP contribution in [-0.2, 0) is 4.79 Å². The zero-order chi connectivity index (χ0) is 14.9. The summed E-state index contributed by atoms with van der Waals surface area (Å²) in [5.41, 5.74) is 2.45. The number of carbonyl (C=O) groups is 1. The number of carbonyl (C=O) groups excluding carboxylic acids is 1. The molecule has 1 spiro atoms. The molecule has 2 aliphatic rings. The standard InChI is InChI=1S/C16H22BrN3O/c1-12-2-3-14(13(17)8-12)19-15(21)9-20-7-5-16(11-20)4-6-18-10-16/h2-3,8,18H,4-7,9-11H2,1H3,(H,19,21). The molecule has 1 atom stereocenters. The number of nitrogens with zero attached hydrogens (tertiary/aromatic N) is 1. The van der Waals surface area contributed by atoms with Crippen molar-refractivity contribution in [1.29, 1.82) is 0 Å². The van der Waals surface area contributed by atoms with Crippen molar-refractivity contribution in [3.63, 3.8) is 0 Å². The van der Waals surface area contributed by atoms with E-state index in [0.717, 1.165) is 36.3 Å². The Balaban J connectivity index is 1.55. The van der Waals surface area contributed by atoms with E-state index in [2.05, 4.69) is 31.5 Å². The third-order valence-electron chi connectivity index (χ3n) is 4.62. The summed E-state index contributed by atoms with van der Waals surface area (Å²) >= 11 is 3.50. The minimum Gasteiger partial charge on any atom is -0.324 e. The lowest BCUT2D eigenvalue weighted by Gasteiger charge is -2.22. The van der Waals surface area contributed by atoms with Gasteiger partial charge in [0.25, 0.3) is 0 Å². The van der Waals surface area contributed by atoms with Gasteiger partial charge < -0.3 is 10.6 Å². The smallest absolute Gasteiger partial charge is 0.238 e. The maximum atomic E-state index is 12.2. The lowest BCUT2D eigenvalue weighted by Crippen LogP contribution is -2.34. The van der Waals surface area contributed by atoms with Crippen LogP contribution in [0, 0.1) is 12.3 Å². The maximum Gasteiger partial charge on any atom is 0.238 e. The highest BCUT2D eigenvalue weighted by atomic mass is 79.9. The summed E-state index contributed by atoms with van der Waals surface area (Å²) in [7, 11) is 0. The van der Waals surface area contributed by atoms with Crippen LogP contribution in [-0.4, -0.2) is 43.5 Å². The molecule has 0 saturated carbocycles. The van der Waals surface area contributed by atoms with E-state index in [9.17, 15) is 4.79 Å². The Bertz CT molecular complexity index is 540. The van der Waals surface area contributed by atoms with E-state index >= 15 is 0 Å². The Morgan fingerprint density at radius 3 is 3.05 bits per heavy atom. The lowest BCUT2D eigenvalue weighted by molar-refractivity contribution is -0.117. The minimum atomic E-state index is 0.0718. The zero-order valence-corrected chi connectivity index (χ0v) is 14.0. The van der Waals surface area contributed by atoms with E-state index in [1.165, 1.54) is 18.4 Å². The van der Waals surface area contributed by atoms with E-state index in [-0.39, 0.29) is 5.91 Å². The molecule has 1 amide bonds. The molecule has 2 N–H and O–H groups in total. The fourth-order valence-electron chi connectivity index (χ4n) is 3.42. The van der Waals surface area contributed by atoms with E-state index < -0.39 is 0 Å². The fourth-order valence-corrected chi connectivity index (χ4v) is 4.01. The molecule has 4 nitrogen and oxygen atoms in total. The summed E-state index contributed by atoms with van der Waals surface area (Å²) in [5.74, 6) is 0.0718. The van der Waals surface area contributed by atoms with Gasteiger partial charge >= 0.3 is 0 Å². The summed E-state index contributed by atoms with van der Waals surface area (Å²) in [6.45, 7) is 6.83. The number of hydrogen-bond acceptors (Lipinski definition) is 3. The quantitative estimate of drug-likeness (QED) is 0.878. The third kappa shape index (κ3) is 3.47. The summed E-state index contributed by atoms with van der Waals surface area (Å²) in [5, 5.41) is 6.45. The van der Waals surface area contributed by atoms with E-state index in [1.54, 1.807) is 0 Å². The first-order chi connectivity index (χ1) is 10.1. The molecule has 3 rings (SSSR count). The molecule has 2 fully saturated rings. The normalized spacial score (nSPS) is 25.6. The molecule has 21 heavy (non-hydrogen) atoms. The molecule has 0 aromatic heterocycles. The van der Waals surface area contributed by atoms with Crippen molar-refractivity contribution in [2.75, 3.05) is 38.0 Å². The largest absolute Gasteiger partial charge is 0.324 e. The molecule has 5 heteroatoms. The van der Waals surface area contributed by atoms with Crippen molar-refractivity contribution >= 4 is 27.5 Å². The summed E-state index contributed by atoms with van der Waals surface area (Å²) < 4.78 is 0.939. The van der Waals surface area contributed by atoms with Gasteiger partial charge in [0.15, 0.2) is 0 Å². The van der Waals surface area contributed by atoms with Crippen molar-refractivity contribution in [3.8, 4) is 0 Å². The number of aryl methyl sites for hydroxylation is 1. The maximum absolute atomic E-state index is 12.2. The van der Waals surface area contributed by atoms with Crippen molar-refractivity contribution in [1.82, 2.24) is 10.2 Å². The Morgan fingerprint density at radius 2 is 2.33 bits per heavy atom. The van der Waals surface area contributed by atoms with Gasteiger partial charge in [-0.2, -0.15) is 0 Å². The van der Waals surface area contributed by atoms with Crippen LogP contribution in [0.4, 0.5) is 5.69 Å². The average Bonchev–Trinajstić information content (AvgIpc) is 3.04. The van der Waals surface area contributed by atoms with Crippen LogP contribution in [0.1, 0.15) is 18.4 Å². The summed E-state index contributed by atoms with van der Waals surface area (Å²) in [6.07, 6.45) is 2.45. The molecule has 1 aromatic carbocycles. The third-order valence-corrected chi connectivity index (χ3v) is 5.27. The van der Waals surface area contributed by atoms with Gasteiger partial charge in [0, 0.05) is 17.6 Å². The number of nitrogens with one attached hydrogen (secondary N) is 2. The minimum absolute atomic E-state index is 0.0718. The zero-order valence-electron chi connectivity index (χ0n) is 12.4. The van der Waals surface area contributed by atoms with Crippen molar-refractivity contribution in [3.05, 3.63) is 28.2 Å².